The van der Waals surface area contributed by atoms with Crippen molar-refractivity contribution in [3.63, 3.8) is 0 Å². The number of carbonyl (C=O) groups is 1. The smallest absolute Gasteiger partial charge is 0.166 e. The first-order valence-electron chi connectivity index (χ1n) is 8.67. The molecule has 0 aliphatic carbocycles. The lowest BCUT2D eigenvalue weighted by atomic mass is 9.84. The van der Waals surface area contributed by atoms with E-state index in [2.05, 4.69) is 0 Å². The van der Waals surface area contributed by atoms with Crippen molar-refractivity contribution < 1.29 is 13.7 Å². The summed E-state index contributed by atoms with van der Waals surface area (Å²) in [7, 11) is 0.934. The quantitative estimate of drug-likeness (QED) is 0.789. The molecule has 126 valence electrons. The summed E-state index contributed by atoms with van der Waals surface area (Å²) < 4.78 is 17.6. The fourth-order valence-corrected chi connectivity index (χ4v) is 6.37. The van der Waals surface area contributed by atoms with E-state index >= 15 is 0 Å². The summed E-state index contributed by atoms with van der Waals surface area (Å²) in [6.45, 7) is 0. The zero-order valence-electron chi connectivity index (χ0n) is 13.9. The van der Waals surface area contributed by atoms with Crippen LogP contribution in [0.5, 0.6) is 5.75 Å². The molecule has 4 heteroatoms. The van der Waals surface area contributed by atoms with Crippen LogP contribution in [0.3, 0.4) is 0 Å². The second-order valence-corrected chi connectivity index (χ2v) is 8.95. The Kier molecular flexibility index (Phi) is 4.17. The minimum atomic E-state index is -0.722. The fourth-order valence-electron chi connectivity index (χ4n) is 4.19. The van der Waals surface area contributed by atoms with Crippen LogP contribution in [0.4, 0.5) is 0 Å². The van der Waals surface area contributed by atoms with E-state index in [4.69, 9.17) is 4.74 Å². The van der Waals surface area contributed by atoms with Gasteiger partial charge in [0.15, 0.2) is 5.78 Å². The van der Waals surface area contributed by atoms with Gasteiger partial charge < -0.3 is 4.74 Å². The number of methoxy groups -OCH3 is 1. The molecule has 24 heavy (non-hydrogen) atoms. The summed E-state index contributed by atoms with van der Waals surface area (Å²) in [6, 6.07) is 11.8. The lowest BCUT2D eigenvalue weighted by molar-refractivity contribution is 0.0895. The summed E-state index contributed by atoms with van der Waals surface area (Å²) >= 11 is 0. The van der Waals surface area contributed by atoms with E-state index < -0.39 is 10.8 Å². The van der Waals surface area contributed by atoms with Gasteiger partial charge in [0.1, 0.15) is 5.75 Å². The molecule has 0 N–H and O–H groups in total. The Morgan fingerprint density at radius 3 is 2.42 bits per heavy atom. The van der Waals surface area contributed by atoms with Crippen LogP contribution in [-0.2, 0) is 10.8 Å². The van der Waals surface area contributed by atoms with Crippen LogP contribution >= 0.6 is 0 Å². The average molecular weight is 342 g/mol. The van der Waals surface area contributed by atoms with Crippen molar-refractivity contribution in [1.29, 1.82) is 0 Å². The van der Waals surface area contributed by atoms with E-state index in [0.717, 1.165) is 47.8 Å². The summed E-state index contributed by atoms with van der Waals surface area (Å²) in [5.74, 6) is 1.08. The van der Waals surface area contributed by atoms with E-state index in [1.54, 1.807) is 7.11 Å². The van der Waals surface area contributed by atoms with Gasteiger partial charge in [-0.25, -0.2) is 0 Å². The van der Waals surface area contributed by atoms with Gasteiger partial charge in [-0.3, -0.25) is 9.00 Å². The lowest BCUT2D eigenvalue weighted by Gasteiger charge is -2.37. The summed E-state index contributed by atoms with van der Waals surface area (Å²) in [6.07, 6.45) is 4.79. The van der Waals surface area contributed by atoms with Crippen LogP contribution in [-0.4, -0.2) is 27.6 Å². The van der Waals surface area contributed by atoms with Gasteiger partial charge in [0.05, 0.1) is 7.11 Å². The van der Waals surface area contributed by atoms with Crippen LogP contribution in [0.1, 0.15) is 42.5 Å². The molecule has 2 unspecified atom stereocenters. The number of ketones is 1. The molecule has 4 rings (SSSR count). The predicted octanol–water partition coefficient (Wildman–Crippen LogP) is 4.11. The molecule has 0 saturated carbocycles. The third-order valence-corrected chi connectivity index (χ3v) is 7.68. The second-order valence-electron chi connectivity index (χ2n) is 6.96. The van der Waals surface area contributed by atoms with Gasteiger partial charge in [0.2, 0.25) is 0 Å². The van der Waals surface area contributed by atoms with Gasteiger partial charge in [-0.1, -0.05) is 24.6 Å². The van der Waals surface area contributed by atoms with Gasteiger partial charge in [0.25, 0.3) is 0 Å². The average Bonchev–Trinajstić information content (AvgIpc) is 2.60. The number of ether oxygens (including phenoxy) is 1. The molecule has 0 amide bonds. The number of hydrogen-bond acceptors (Lipinski definition) is 3. The predicted molar refractivity (Wildman–Crippen MR) is 97.1 cm³/mol. The molecule has 2 saturated heterocycles. The van der Waals surface area contributed by atoms with Crippen molar-refractivity contribution >= 4 is 27.4 Å². The van der Waals surface area contributed by atoms with Gasteiger partial charge in [0, 0.05) is 32.8 Å². The highest BCUT2D eigenvalue weighted by atomic mass is 32.2. The molecule has 2 aliphatic heterocycles. The van der Waals surface area contributed by atoms with Crippen molar-refractivity contribution in [3.8, 4) is 5.75 Å². The molecule has 2 bridgehead atoms. The maximum absolute atomic E-state index is 13.0. The molecule has 0 aromatic heterocycles. The molecule has 2 fully saturated rings. The number of Topliss-reactive ketones (excluding diaryl/α,β-unsaturated/α-hetero) is 1. The number of carbonyl (C=O) groups excluding carboxylic acids is 1. The minimum Gasteiger partial charge on any atom is -0.497 e. The van der Waals surface area contributed by atoms with Crippen LogP contribution in [0.2, 0.25) is 0 Å². The van der Waals surface area contributed by atoms with Crippen molar-refractivity contribution in [2.24, 2.45) is 5.92 Å². The Balaban J connectivity index is 1.60. The second kappa shape index (κ2) is 6.32. The largest absolute Gasteiger partial charge is 0.497 e. The zero-order valence-corrected chi connectivity index (χ0v) is 14.7. The Morgan fingerprint density at radius 2 is 1.71 bits per heavy atom. The standard InChI is InChI=1S/C20H22O3S/c1-23-17-8-7-13-9-15(6-5-14(13)10-17)20(21)16-11-18-3-2-4-19(12-16)24(18)22/h5-10,16,18-19H,2-4,11-12H2,1H3. The molecule has 2 aromatic rings. The van der Waals surface area contributed by atoms with Gasteiger partial charge in [-0.05, 0) is 54.7 Å². The van der Waals surface area contributed by atoms with E-state index in [9.17, 15) is 9.00 Å². The molecule has 2 aromatic carbocycles. The maximum atomic E-state index is 13.0. The summed E-state index contributed by atoms with van der Waals surface area (Å²) in [5.41, 5.74) is 0.781. The van der Waals surface area contributed by atoms with Crippen molar-refractivity contribution in [2.75, 3.05) is 7.11 Å². The highest BCUT2D eigenvalue weighted by molar-refractivity contribution is 7.86. The third kappa shape index (κ3) is 2.77. The third-order valence-electron chi connectivity index (χ3n) is 5.51. The zero-order chi connectivity index (χ0) is 16.7. The molecule has 2 aliphatic rings. The van der Waals surface area contributed by atoms with Gasteiger partial charge in [-0.2, -0.15) is 0 Å². The molecule has 3 nitrogen and oxygen atoms in total. The van der Waals surface area contributed by atoms with E-state index in [-0.39, 0.29) is 22.2 Å². The van der Waals surface area contributed by atoms with Crippen LogP contribution < -0.4 is 4.74 Å². The number of rotatable bonds is 3. The van der Waals surface area contributed by atoms with Crippen LogP contribution in [0.15, 0.2) is 36.4 Å². The normalized spacial score (nSPS) is 29.4. The molecule has 2 heterocycles. The molecule has 0 spiro atoms. The Bertz CT molecular complexity index is 798. The molecule has 0 radical (unpaired) electrons. The number of benzene rings is 2. The highest BCUT2D eigenvalue weighted by Crippen LogP contribution is 2.38. The first kappa shape index (κ1) is 15.8. The molecule has 2 atom stereocenters. The Labute approximate surface area is 144 Å². The lowest BCUT2D eigenvalue weighted by Crippen LogP contribution is -2.41. The topological polar surface area (TPSA) is 43.4 Å². The molecular weight excluding hydrogens is 320 g/mol. The first-order chi connectivity index (χ1) is 11.7. The fraction of sp³-hybridized carbons (Fsp3) is 0.450. The number of fused-ring (bicyclic) bond motifs is 3. The minimum absolute atomic E-state index is 0.0358. The summed E-state index contributed by atoms with van der Waals surface area (Å²) in [5, 5.41) is 2.60. The van der Waals surface area contributed by atoms with Gasteiger partial charge in [-0.15, -0.1) is 0 Å². The molecular formula is C20H22O3S. The van der Waals surface area contributed by atoms with E-state index in [1.165, 1.54) is 6.42 Å². The van der Waals surface area contributed by atoms with E-state index in [1.807, 2.05) is 36.4 Å². The van der Waals surface area contributed by atoms with Crippen molar-refractivity contribution in [2.45, 2.75) is 42.6 Å². The highest BCUT2D eigenvalue weighted by Gasteiger charge is 2.40. The van der Waals surface area contributed by atoms with Crippen molar-refractivity contribution in [3.05, 3.63) is 42.0 Å². The van der Waals surface area contributed by atoms with Crippen molar-refractivity contribution in [1.82, 2.24) is 0 Å². The maximum Gasteiger partial charge on any atom is 0.166 e. The van der Waals surface area contributed by atoms with E-state index in [0.29, 0.717) is 0 Å². The Hall–Kier alpha value is -1.68. The SMILES string of the molecule is COc1ccc2cc(C(=O)C3CC4CCCC(C3)S4=O)ccc2c1. The first-order valence-corrected chi connectivity index (χ1v) is 9.94. The Morgan fingerprint density at radius 1 is 1.04 bits per heavy atom. The summed E-state index contributed by atoms with van der Waals surface area (Å²) in [4.78, 5) is 13.0. The monoisotopic (exact) mass is 342 g/mol. The van der Waals surface area contributed by atoms with Crippen LogP contribution in [0.25, 0.3) is 10.8 Å². The number of hydrogen-bond donors (Lipinski definition) is 0. The van der Waals surface area contributed by atoms with Crippen LogP contribution in [0, 0.1) is 5.92 Å². The van der Waals surface area contributed by atoms with Gasteiger partial charge >= 0.3 is 0 Å².